The van der Waals surface area contributed by atoms with E-state index >= 15 is 0 Å². The van der Waals surface area contributed by atoms with Gasteiger partial charge in [0.05, 0.1) is 16.7 Å². The second-order valence-corrected chi connectivity index (χ2v) is 13.7. The van der Waals surface area contributed by atoms with E-state index in [4.69, 9.17) is 4.98 Å². The van der Waals surface area contributed by atoms with Crippen molar-refractivity contribution >= 4 is 37.5 Å². The molecule has 0 aliphatic heterocycles. The zero-order valence-electron chi connectivity index (χ0n) is 28.2. The molecule has 53 heavy (non-hydrogen) atoms. The molecule has 0 bridgehead atoms. The number of hydrogen-bond acceptors (Lipinski definition) is 5. The van der Waals surface area contributed by atoms with Gasteiger partial charge in [0.2, 0.25) is 0 Å². The molecule has 264 valence electrons. The van der Waals surface area contributed by atoms with Crippen molar-refractivity contribution in [3.05, 3.63) is 164 Å². The molecule has 6 nitrogen and oxygen atoms in total. The number of aromatic hydroxyl groups is 1. The lowest BCUT2D eigenvalue weighted by Crippen LogP contribution is -2.28. The molecule has 7 aromatic rings. The normalized spacial score (nSPS) is 12.5. The molecule has 0 aliphatic rings. The number of fused-ring (bicyclic) bond motifs is 3. The van der Waals surface area contributed by atoms with Crippen molar-refractivity contribution in [1.29, 1.82) is 0 Å². The van der Waals surface area contributed by atoms with E-state index in [9.17, 15) is 26.7 Å². The maximum absolute atomic E-state index is 13.2. The fraction of sp³-hybridized carbons (Fsp3) is 0.0465. The molecular formula is C43H31F3N2O4S. The van der Waals surface area contributed by atoms with Crippen LogP contribution in [-0.2, 0) is 10.1 Å². The molecule has 2 aromatic heterocycles. The molecule has 0 saturated carbocycles. The molecule has 0 aliphatic carbocycles. The Morgan fingerprint density at radius 3 is 2.21 bits per heavy atom. The summed E-state index contributed by atoms with van der Waals surface area (Å²) < 4.78 is 69.9. The molecule has 0 fully saturated rings. The molecule has 2 heterocycles. The summed E-state index contributed by atoms with van der Waals surface area (Å²) in [4.78, 5) is 4.83. The zero-order valence-corrected chi connectivity index (χ0v) is 29.1. The highest BCUT2D eigenvalue weighted by molar-refractivity contribution is 7.88. The second kappa shape index (κ2) is 14.0. The number of nitrogens with zero attached hydrogens (tertiary/aromatic N) is 2. The van der Waals surface area contributed by atoms with Gasteiger partial charge in [0.1, 0.15) is 11.5 Å². The van der Waals surface area contributed by atoms with E-state index in [0.717, 1.165) is 56.3 Å². The summed E-state index contributed by atoms with van der Waals surface area (Å²) in [6, 6.07) is 36.9. The van der Waals surface area contributed by atoms with Gasteiger partial charge in [-0.25, -0.2) is 0 Å². The lowest BCUT2D eigenvalue weighted by molar-refractivity contribution is -0.0500. The third kappa shape index (κ3) is 6.72. The molecule has 0 saturated heterocycles. The van der Waals surface area contributed by atoms with Gasteiger partial charge >= 0.3 is 15.6 Å². The Kier molecular flexibility index (Phi) is 9.23. The fourth-order valence-electron chi connectivity index (χ4n) is 6.53. The van der Waals surface area contributed by atoms with E-state index < -0.39 is 27.1 Å². The smallest absolute Gasteiger partial charge is 0.508 e. The van der Waals surface area contributed by atoms with Crippen LogP contribution in [0.5, 0.6) is 11.5 Å². The number of rotatable bonds is 9. The molecule has 0 amide bonds. The number of allylic oxidation sites excluding steroid dienone is 5. The summed E-state index contributed by atoms with van der Waals surface area (Å²) in [5, 5.41) is 12.6. The summed E-state index contributed by atoms with van der Waals surface area (Å²) in [5.74, 6) is -1.17. The lowest BCUT2D eigenvalue weighted by atomic mass is 9.89. The first kappa shape index (κ1) is 35.0. The average molecular weight is 729 g/mol. The Labute approximate surface area is 304 Å². The number of halogens is 3. The monoisotopic (exact) mass is 728 g/mol. The molecule has 5 aromatic carbocycles. The molecule has 0 atom stereocenters. The number of benzene rings is 5. The van der Waals surface area contributed by atoms with Crippen LogP contribution in [0.3, 0.4) is 0 Å². The van der Waals surface area contributed by atoms with Crippen LogP contribution in [0.1, 0.15) is 12.6 Å². The zero-order chi connectivity index (χ0) is 37.3. The summed E-state index contributed by atoms with van der Waals surface area (Å²) in [7, 11) is -5.98. The van der Waals surface area contributed by atoms with Crippen molar-refractivity contribution in [1.82, 2.24) is 9.55 Å². The van der Waals surface area contributed by atoms with E-state index in [1.54, 1.807) is 24.4 Å². The Morgan fingerprint density at radius 1 is 0.774 bits per heavy atom. The Bertz CT molecular complexity index is 2700. The molecule has 0 radical (unpaired) electrons. The number of phenols is 1. The molecule has 1 N–H and O–H groups in total. The first-order valence-electron chi connectivity index (χ1n) is 16.5. The highest BCUT2D eigenvalue weighted by Gasteiger charge is 2.48. The molecule has 0 spiro atoms. The van der Waals surface area contributed by atoms with Gasteiger partial charge in [0.15, 0.2) is 0 Å². The first-order chi connectivity index (χ1) is 25.5. The number of para-hydroxylation sites is 2. The highest BCUT2D eigenvalue weighted by atomic mass is 32.2. The van der Waals surface area contributed by atoms with Gasteiger partial charge in [-0.3, -0.25) is 4.98 Å². The maximum Gasteiger partial charge on any atom is 0.534 e. The van der Waals surface area contributed by atoms with Crippen LogP contribution >= 0.6 is 0 Å². The van der Waals surface area contributed by atoms with Crippen molar-refractivity contribution in [2.75, 3.05) is 0 Å². The van der Waals surface area contributed by atoms with Crippen molar-refractivity contribution in [2.45, 2.75) is 12.4 Å². The Balaban J connectivity index is 1.46. The number of phenolic OH excluding ortho intramolecular Hbond substituents is 1. The van der Waals surface area contributed by atoms with E-state index in [0.29, 0.717) is 22.4 Å². The first-order valence-corrected chi connectivity index (χ1v) is 17.9. The summed E-state index contributed by atoms with van der Waals surface area (Å²) in [6.07, 6.45) is 9.12. The largest absolute Gasteiger partial charge is 0.534 e. The summed E-state index contributed by atoms with van der Waals surface area (Å²) in [5.41, 5.74) is 2.64. The van der Waals surface area contributed by atoms with Crippen LogP contribution < -0.4 is 4.18 Å². The molecule has 7 rings (SSSR count). The van der Waals surface area contributed by atoms with Crippen LogP contribution in [0.15, 0.2) is 158 Å². The quantitative estimate of drug-likeness (QED) is 0.0909. The minimum atomic E-state index is -5.98. The van der Waals surface area contributed by atoms with Crippen molar-refractivity contribution in [3.63, 3.8) is 0 Å². The van der Waals surface area contributed by atoms with Crippen molar-refractivity contribution in [3.8, 4) is 50.6 Å². The molecular weight excluding hydrogens is 698 g/mol. The van der Waals surface area contributed by atoms with E-state index in [-0.39, 0.29) is 5.56 Å². The van der Waals surface area contributed by atoms with Crippen LogP contribution in [0.2, 0.25) is 0 Å². The van der Waals surface area contributed by atoms with Gasteiger partial charge in [-0.15, -0.1) is 0 Å². The third-order valence-electron chi connectivity index (χ3n) is 8.75. The SMILES string of the molecule is C=C/C=C(\C=C/C)c1cc(-c2ccc3c(c2)c2ccccc2n3-c2ccccc2)c(-c2ccccc2-c2cc(O)cc(OS(=O)(=O)C(F)(F)F)c2)cn1. The third-order valence-corrected chi connectivity index (χ3v) is 9.73. The highest BCUT2D eigenvalue weighted by Crippen LogP contribution is 2.43. The topological polar surface area (TPSA) is 81.4 Å². The second-order valence-electron chi connectivity index (χ2n) is 12.1. The average Bonchev–Trinajstić information content (AvgIpc) is 3.48. The predicted octanol–water partition coefficient (Wildman–Crippen LogP) is 11.3. The van der Waals surface area contributed by atoms with Gasteiger partial charge in [-0.2, -0.15) is 21.6 Å². The van der Waals surface area contributed by atoms with Gasteiger partial charge in [-0.1, -0.05) is 97.6 Å². The molecule has 0 unspecified atom stereocenters. The Hall–Kier alpha value is -6.39. The maximum atomic E-state index is 13.2. The number of alkyl halides is 3. The van der Waals surface area contributed by atoms with E-state index in [2.05, 4.69) is 51.7 Å². The van der Waals surface area contributed by atoms with Gasteiger partial charge in [0.25, 0.3) is 0 Å². The van der Waals surface area contributed by atoms with Crippen molar-refractivity contribution in [2.24, 2.45) is 0 Å². The standard InChI is InChI=1S/C43H31F3N2O4S/c1-3-12-28(13-4-2)40-26-37(29-20-21-42-38(24-29)36-18-10-11-19-41(36)48(42)31-14-6-5-7-15-31)39(27-47-40)35-17-9-8-16-34(35)30-22-32(49)25-33(23-30)52-53(50,51)43(44,45)46/h3-27,49H,1H2,2H3/b13-4-,28-12+. The number of hydrogen-bond donors (Lipinski definition) is 1. The van der Waals surface area contributed by atoms with Crippen LogP contribution in [0.25, 0.3) is 66.4 Å². The number of aromatic nitrogens is 2. The van der Waals surface area contributed by atoms with Gasteiger partial charge in [-0.05, 0) is 88.8 Å². The van der Waals surface area contributed by atoms with Crippen LogP contribution in [0, 0.1) is 0 Å². The number of pyridine rings is 1. The Morgan fingerprint density at radius 2 is 1.47 bits per heavy atom. The summed E-state index contributed by atoms with van der Waals surface area (Å²) in [6.45, 7) is 5.78. The van der Waals surface area contributed by atoms with Crippen LogP contribution in [0.4, 0.5) is 13.2 Å². The van der Waals surface area contributed by atoms with Gasteiger partial charge < -0.3 is 13.9 Å². The minimum Gasteiger partial charge on any atom is -0.508 e. The summed E-state index contributed by atoms with van der Waals surface area (Å²) >= 11 is 0. The van der Waals surface area contributed by atoms with Crippen molar-refractivity contribution < 1.29 is 30.9 Å². The lowest BCUT2D eigenvalue weighted by Gasteiger charge is -2.17. The fourth-order valence-corrected chi connectivity index (χ4v) is 6.97. The van der Waals surface area contributed by atoms with E-state index in [1.165, 1.54) is 6.07 Å². The van der Waals surface area contributed by atoms with Crippen LogP contribution in [-0.4, -0.2) is 28.6 Å². The van der Waals surface area contributed by atoms with Gasteiger partial charge in [0, 0.05) is 34.3 Å². The minimum absolute atomic E-state index is 0.227. The molecule has 10 heteroatoms. The predicted molar refractivity (Wildman–Crippen MR) is 205 cm³/mol. The van der Waals surface area contributed by atoms with E-state index in [1.807, 2.05) is 79.7 Å².